The van der Waals surface area contributed by atoms with Crippen LogP contribution in [-0.2, 0) is 24.2 Å². The van der Waals surface area contributed by atoms with Gasteiger partial charge in [-0.05, 0) is 65.5 Å². The maximum atomic E-state index is 11.0. The second-order valence-electron chi connectivity index (χ2n) is 11.2. The second-order valence-corrected chi connectivity index (χ2v) is 11.2. The molecule has 1 aliphatic carbocycles. The topological polar surface area (TPSA) is 66.8 Å². The van der Waals surface area contributed by atoms with Gasteiger partial charge in [-0.3, -0.25) is 4.79 Å². The Hall–Kier alpha value is -3.05. The van der Waals surface area contributed by atoms with Crippen LogP contribution < -0.4 is 4.74 Å². The molecule has 0 aliphatic heterocycles. The van der Waals surface area contributed by atoms with Crippen molar-refractivity contribution in [2.75, 3.05) is 6.61 Å². The van der Waals surface area contributed by atoms with Crippen LogP contribution in [0.1, 0.15) is 68.2 Å². The lowest BCUT2D eigenvalue weighted by molar-refractivity contribution is -0.136. The van der Waals surface area contributed by atoms with Crippen LogP contribution in [0.2, 0.25) is 6.32 Å². The van der Waals surface area contributed by atoms with Gasteiger partial charge in [0.05, 0.1) is 14.3 Å². The molecule has 0 aromatic heterocycles. The van der Waals surface area contributed by atoms with E-state index in [-0.39, 0.29) is 13.0 Å². The molecular formula is C34H43BO4. The lowest BCUT2D eigenvalue weighted by Crippen LogP contribution is -2.23. The Bertz CT molecular complexity index is 1200. The van der Waals surface area contributed by atoms with E-state index >= 15 is 0 Å². The first-order valence-corrected chi connectivity index (χ1v) is 14.2. The molecule has 1 aliphatic rings. The van der Waals surface area contributed by atoms with Crippen molar-refractivity contribution in [3.8, 4) is 16.9 Å². The van der Waals surface area contributed by atoms with Crippen molar-refractivity contribution in [3.63, 3.8) is 0 Å². The van der Waals surface area contributed by atoms with E-state index in [4.69, 9.17) is 17.7 Å². The Morgan fingerprint density at radius 1 is 1.03 bits per heavy atom. The fraction of sp³-hybridized carbons (Fsp3) is 0.441. The predicted octanol–water partition coefficient (Wildman–Crippen LogP) is 7.58. The van der Waals surface area contributed by atoms with Gasteiger partial charge in [0, 0.05) is 12.2 Å². The molecule has 1 saturated carbocycles. The Labute approximate surface area is 235 Å². The van der Waals surface area contributed by atoms with Gasteiger partial charge in [0.1, 0.15) is 12.4 Å². The Morgan fingerprint density at radius 3 is 2.41 bits per heavy atom. The van der Waals surface area contributed by atoms with Crippen LogP contribution in [-0.4, -0.2) is 30.6 Å². The molecule has 0 heterocycles. The zero-order valence-corrected chi connectivity index (χ0v) is 23.8. The molecule has 0 amide bonds. The molecule has 1 fully saturated rings. The minimum Gasteiger partial charge on any atom is -0.489 e. The van der Waals surface area contributed by atoms with Crippen molar-refractivity contribution in [2.24, 2.45) is 11.3 Å². The van der Waals surface area contributed by atoms with Crippen molar-refractivity contribution >= 4 is 13.8 Å². The van der Waals surface area contributed by atoms with Crippen molar-refractivity contribution in [2.45, 2.75) is 78.6 Å². The summed E-state index contributed by atoms with van der Waals surface area (Å²) in [6.07, 6.45) is 8.39. The summed E-state index contributed by atoms with van der Waals surface area (Å²) in [7, 11) is 5.74. The quantitative estimate of drug-likeness (QED) is 0.239. The van der Waals surface area contributed by atoms with Crippen LogP contribution in [0, 0.1) is 18.3 Å². The molecule has 5 heteroatoms. The Morgan fingerprint density at radius 2 is 1.77 bits per heavy atom. The van der Waals surface area contributed by atoms with Gasteiger partial charge in [0.2, 0.25) is 0 Å². The van der Waals surface area contributed by atoms with E-state index in [1.165, 1.54) is 32.1 Å². The third kappa shape index (κ3) is 9.58. The molecule has 0 saturated heterocycles. The number of aliphatic hydroxyl groups excluding tert-OH is 1. The van der Waals surface area contributed by atoms with Crippen molar-refractivity contribution in [1.82, 2.24) is 0 Å². The summed E-state index contributed by atoms with van der Waals surface area (Å²) in [5.41, 5.74) is 6.54. The standard InChI is InChI=1S/C24H24O4.C10H19B/c1-17-11-19(16-28-23-8-3-2-6-21(23)15-24(26)27)14-22(12-17)20-7-4-5-18(13-20)9-10-25;1-3-10(2,8-11)7-9-5-4-6-9/h2-8,11-14,25H,9-10,15-16H2,1H3,(H,26,27);9H,3-8H2,1-2H3. The van der Waals surface area contributed by atoms with Crippen molar-refractivity contribution in [1.29, 1.82) is 0 Å². The van der Waals surface area contributed by atoms with Crippen LogP contribution in [0.5, 0.6) is 5.75 Å². The van der Waals surface area contributed by atoms with Gasteiger partial charge in [-0.1, -0.05) is 106 Å². The van der Waals surface area contributed by atoms with E-state index in [1.54, 1.807) is 12.1 Å². The average molecular weight is 527 g/mol. The summed E-state index contributed by atoms with van der Waals surface area (Å²) >= 11 is 0. The number of aryl methyl sites for hydroxylation is 1. The van der Waals surface area contributed by atoms with Crippen molar-refractivity contribution < 1.29 is 19.7 Å². The number of ether oxygens (including phenoxy) is 1. The molecule has 39 heavy (non-hydrogen) atoms. The largest absolute Gasteiger partial charge is 0.489 e. The summed E-state index contributed by atoms with van der Waals surface area (Å²) in [6, 6.07) is 21.7. The van der Waals surface area contributed by atoms with Crippen LogP contribution in [0.3, 0.4) is 0 Å². The molecule has 0 spiro atoms. The fourth-order valence-corrected chi connectivity index (χ4v) is 5.03. The SMILES string of the molecule is Cc1cc(COc2ccccc2CC(=O)O)cc(-c2cccc(CCO)c2)c1.[B]CC(C)(CC)CC1CCC1. The van der Waals surface area contributed by atoms with E-state index in [0.29, 0.717) is 29.8 Å². The summed E-state index contributed by atoms with van der Waals surface area (Å²) in [5.74, 6) is 0.720. The molecule has 3 aromatic rings. The zero-order valence-electron chi connectivity index (χ0n) is 23.8. The number of para-hydroxylation sites is 1. The van der Waals surface area contributed by atoms with Gasteiger partial charge in [-0.25, -0.2) is 0 Å². The highest BCUT2D eigenvalue weighted by Gasteiger charge is 2.27. The summed E-state index contributed by atoms with van der Waals surface area (Å²) in [4.78, 5) is 11.0. The monoisotopic (exact) mass is 526 g/mol. The smallest absolute Gasteiger partial charge is 0.307 e. The lowest BCUT2D eigenvalue weighted by atomic mass is 9.66. The minimum absolute atomic E-state index is 0.0626. The predicted molar refractivity (Wildman–Crippen MR) is 160 cm³/mol. The number of aliphatic hydroxyl groups is 1. The first-order valence-electron chi connectivity index (χ1n) is 14.2. The maximum absolute atomic E-state index is 11.0. The zero-order chi connectivity index (χ0) is 28.3. The van der Waals surface area contributed by atoms with Crippen LogP contribution in [0.25, 0.3) is 11.1 Å². The third-order valence-electron chi connectivity index (χ3n) is 7.86. The minimum atomic E-state index is -0.878. The number of benzene rings is 3. The molecule has 4 rings (SSSR count). The van der Waals surface area contributed by atoms with E-state index < -0.39 is 5.97 Å². The van der Waals surface area contributed by atoms with E-state index in [1.807, 2.05) is 31.2 Å². The molecule has 0 bridgehead atoms. The molecule has 2 N–H and O–H groups in total. The molecule has 1 atom stereocenters. The number of hydrogen-bond acceptors (Lipinski definition) is 3. The van der Waals surface area contributed by atoms with E-state index in [9.17, 15) is 9.90 Å². The van der Waals surface area contributed by atoms with Crippen LogP contribution in [0.15, 0.2) is 66.7 Å². The number of carbonyl (C=O) groups is 1. The van der Waals surface area contributed by atoms with Gasteiger partial charge in [-0.15, -0.1) is 0 Å². The highest BCUT2D eigenvalue weighted by molar-refractivity contribution is 6.08. The van der Waals surface area contributed by atoms with Gasteiger partial charge >= 0.3 is 5.97 Å². The molecule has 4 nitrogen and oxygen atoms in total. The van der Waals surface area contributed by atoms with Gasteiger partial charge < -0.3 is 14.9 Å². The average Bonchev–Trinajstić information content (AvgIpc) is 2.90. The highest BCUT2D eigenvalue weighted by atomic mass is 16.5. The maximum Gasteiger partial charge on any atom is 0.307 e. The first-order chi connectivity index (χ1) is 18.7. The number of carboxylic acids is 1. The first kappa shape index (κ1) is 30.5. The lowest BCUT2D eigenvalue weighted by Gasteiger charge is -2.36. The third-order valence-corrected chi connectivity index (χ3v) is 7.86. The fourth-order valence-electron chi connectivity index (χ4n) is 5.03. The van der Waals surface area contributed by atoms with E-state index in [2.05, 4.69) is 44.2 Å². The molecule has 206 valence electrons. The number of hydrogen-bond donors (Lipinski definition) is 2. The summed E-state index contributed by atoms with van der Waals surface area (Å²) in [6.45, 7) is 7.12. The second kappa shape index (κ2) is 14.9. The highest BCUT2D eigenvalue weighted by Crippen LogP contribution is 2.40. The van der Waals surface area contributed by atoms with Crippen LogP contribution >= 0.6 is 0 Å². The van der Waals surface area contributed by atoms with Crippen LogP contribution in [0.4, 0.5) is 0 Å². The molecule has 3 aromatic carbocycles. The normalized spacial score (nSPS) is 14.5. The number of aliphatic carboxylic acids is 1. The molecule has 1 unspecified atom stereocenters. The van der Waals surface area contributed by atoms with Gasteiger partial charge in [0.25, 0.3) is 0 Å². The van der Waals surface area contributed by atoms with E-state index in [0.717, 1.165) is 40.1 Å². The van der Waals surface area contributed by atoms with Gasteiger partial charge in [0.15, 0.2) is 0 Å². The number of carboxylic acid groups (broad SMARTS) is 1. The molecule has 2 radical (unpaired) electrons. The Balaban J connectivity index is 0.000000320. The summed E-state index contributed by atoms with van der Waals surface area (Å²) in [5, 5.41) is 18.2. The van der Waals surface area contributed by atoms with Gasteiger partial charge in [-0.2, -0.15) is 0 Å². The number of rotatable bonds is 12. The van der Waals surface area contributed by atoms with Crippen molar-refractivity contribution in [3.05, 3.63) is 89.0 Å². The Kier molecular flexibility index (Phi) is 11.7. The summed E-state index contributed by atoms with van der Waals surface area (Å²) < 4.78 is 5.94. The molecular weight excluding hydrogens is 483 g/mol.